The lowest BCUT2D eigenvalue weighted by molar-refractivity contribution is 0.318. The maximum Gasteiger partial charge on any atom is 0.0402 e. The lowest BCUT2D eigenvalue weighted by Gasteiger charge is -1.52. The molecule has 1 nitrogen and oxygen atoms in total. The van der Waals surface area contributed by atoms with Crippen LogP contribution in [0.1, 0.15) is 6.92 Å². The van der Waals surface area contributed by atoms with E-state index >= 15 is 0 Å². The second-order valence-corrected chi connectivity index (χ2v) is 0.316. The van der Waals surface area contributed by atoms with Gasteiger partial charge in [0, 0.05) is 6.61 Å². The maximum absolute atomic E-state index is 7.57. The Bertz CT molecular complexity index is 9.61. The fourth-order valence-electron chi connectivity index (χ4n) is 0. The van der Waals surface area contributed by atoms with E-state index in [0.29, 0.717) is 0 Å². The predicted molar refractivity (Wildman–Crippen MR) is 30.4 cm³/mol. The highest BCUT2D eigenvalue weighted by Crippen LogP contribution is 1.30. The van der Waals surface area contributed by atoms with Crippen molar-refractivity contribution < 1.29 is 5.11 Å². The van der Waals surface area contributed by atoms with Crippen molar-refractivity contribution in [2.75, 3.05) is 6.61 Å². The van der Waals surface area contributed by atoms with Gasteiger partial charge in [0.25, 0.3) is 0 Å². The van der Waals surface area contributed by atoms with Crippen LogP contribution in [0, 0.1) is 0 Å². The van der Waals surface area contributed by atoms with Gasteiger partial charge in [-0.15, -0.1) is 12.4 Å². The number of aliphatic hydroxyl groups excluding tert-OH is 1. The van der Waals surface area contributed by atoms with Crippen LogP contribution in [0.4, 0.5) is 0 Å². The van der Waals surface area contributed by atoms with Crippen LogP contribution >= 0.6 is 25.9 Å². The quantitative estimate of drug-likeness (QED) is 0.490. The molecule has 0 bridgehead atoms. The molecule has 0 spiro atoms. The molecule has 0 aliphatic heterocycles. The summed E-state index contributed by atoms with van der Waals surface area (Å²) < 4.78 is 0. The van der Waals surface area contributed by atoms with Crippen molar-refractivity contribution in [1.29, 1.82) is 0 Å². The molecule has 3 heteroatoms. The van der Waals surface area contributed by atoms with E-state index in [1.165, 1.54) is 0 Å². The second-order valence-electron chi connectivity index (χ2n) is 0.316. The van der Waals surface area contributed by atoms with Crippen LogP contribution in [0.5, 0.6) is 0 Å². The molecule has 0 aliphatic rings. The average Bonchev–Trinajstić information content (AvgIpc) is 0.918. The highest BCUT2D eigenvalue weighted by Gasteiger charge is 1.34. The molecule has 0 heterocycles. The van der Waals surface area contributed by atoms with Crippen LogP contribution in [0.15, 0.2) is 0 Å². The van der Waals surface area contributed by atoms with Gasteiger partial charge in [0.05, 0.1) is 0 Å². The van der Waals surface area contributed by atoms with Crippen molar-refractivity contribution in [3.05, 3.63) is 0 Å². The number of hydrogen-bond acceptors (Lipinski definition) is 1. The van der Waals surface area contributed by atoms with Crippen molar-refractivity contribution in [2.45, 2.75) is 6.92 Å². The average molecular weight is 117 g/mol. The highest BCUT2D eigenvalue weighted by molar-refractivity contribution is 7.59. The summed E-state index contributed by atoms with van der Waals surface area (Å²) in [6, 6.07) is 0. The Morgan fingerprint density at radius 1 is 1.60 bits per heavy atom. The lowest BCUT2D eigenvalue weighted by Crippen LogP contribution is -1.57. The Hall–Kier alpha value is 0.600. The Labute approximate surface area is 45.2 Å². The Kier molecular flexibility index (Phi) is 81.6. The van der Waals surface area contributed by atoms with E-state index in [1.807, 2.05) is 0 Å². The molecule has 0 aromatic heterocycles. The molecule has 1 N–H and O–H groups in total. The van der Waals surface area contributed by atoms with Crippen LogP contribution < -0.4 is 0 Å². The molecule has 0 atom stereocenters. The molecule has 0 amide bonds. The highest BCUT2D eigenvalue weighted by atomic mass is 35.5. The standard InChI is InChI=1S/C2H6O.ClH.H2S/c1-2-3;;/h3H,2H2,1H3;1H;1H2. The van der Waals surface area contributed by atoms with Crippen LogP contribution in [0.2, 0.25) is 0 Å². The smallest absolute Gasteiger partial charge is 0.0402 e. The van der Waals surface area contributed by atoms with Gasteiger partial charge >= 0.3 is 0 Å². The molecule has 0 unspecified atom stereocenters. The third-order valence-corrected chi connectivity index (χ3v) is 0. The van der Waals surface area contributed by atoms with E-state index in [1.54, 1.807) is 6.92 Å². The summed E-state index contributed by atoms with van der Waals surface area (Å²) in [5.41, 5.74) is 0. The first kappa shape index (κ1) is 17.5. The molecule has 0 aliphatic carbocycles. The predicted octanol–water partition coefficient (Wildman–Crippen LogP) is 0.533. The first-order valence-electron chi connectivity index (χ1n) is 1.02. The number of rotatable bonds is 0. The SMILES string of the molecule is CCO.Cl.S. The van der Waals surface area contributed by atoms with Gasteiger partial charge in [-0.05, 0) is 6.92 Å². The Balaban J connectivity index is -0.0000000200. The van der Waals surface area contributed by atoms with Crippen molar-refractivity contribution in [1.82, 2.24) is 0 Å². The van der Waals surface area contributed by atoms with Crippen molar-refractivity contribution in [3.63, 3.8) is 0 Å². The first-order valence-corrected chi connectivity index (χ1v) is 1.02. The second kappa shape index (κ2) is 23.3. The van der Waals surface area contributed by atoms with Gasteiger partial charge in [-0.1, -0.05) is 0 Å². The fourth-order valence-corrected chi connectivity index (χ4v) is 0. The maximum atomic E-state index is 7.57. The van der Waals surface area contributed by atoms with E-state index in [-0.39, 0.29) is 32.5 Å². The summed E-state index contributed by atoms with van der Waals surface area (Å²) >= 11 is 0. The van der Waals surface area contributed by atoms with E-state index in [2.05, 4.69) is 0 Å². The van der Waals surface area contributed by atoms with E-state index in [4.69, 9.17) is 5.11 Å². The molecule has 0 aromatic rings. The normalized spacial score (nSPS) is 3.60. The lowest BCUT2D eigenvalue weighted by atomic mass is 10.9. The van der Waals surface area contributed by atoms with Gasteiger partial charge in [0.1, 0.15) is 0 Å². The van der Waals surface area contributed by atoms with Crippen molar-refractivity contribution in [2.24, 2.45) is 0 Å². The van der Waals surface area contributed by atoms with Gasteiger partial charge in [0.15, 0.2) is 0 Å². The van der Waals surface area contributed by atoms with E-state index < -0.39 is 0 Å². The zero-order chi connectivity index (χ0) is 2.71. The van der Waals surface area contributed by atoms with Gasteiger partial charge in [0.2, 0.25) is 0 Å². The monoisotopic (exact) mass is 116 g/mol. The summed E-state index contributed by atoms with van der Waals surface area (Å²) in [4.78, 5) is 0. The molecular weight excluding hydrogens is 108 g/mol. The molecule has 5 heavy (non-hydrogen) atoms. The molecule has 0 saturated heterocycles. The summed E-state index contributed by atoms with van der Waals surface area (Å²) in [5.74, 6) is 0. The van der Waals surface area contributed by atoms with Gasteiger partial charge in [-0.25, -0.2) is 0 Å². The van der Waals surface area contributed by atoms with Crippen LogP contribution in [-0.2, 0) is 0 Å². The molecule has 0 radical (unpaired) electrons. The van der Waals surface area contributed by atoms with Gasteiger partial charge in [-0.2, -0.15) is 13.5 Å². The van der Waals surface area contributed by atoms with E-state index in [9.17, 15) is 0 Å². The fraction of sp³-hybridized carbons (Fsp3) is 1.00. The van der Waals surface area contributed by atoms with Crippen LogP contribution in [0.25, 0.3) is 0 Å². The molecule has 36 valence electrons. The minimum Gasteiger partial charge on any atom is -0.397 e. The van der Waals surface area contributed by atoms with Gasteiger partial charge in [-0.3, -0.25) is 0 Å². The first-order chi connectivity index (χ1) is 1.41. The molecule has 0 fully saturated rings. The molecule has 0 aromatic carbocycles. The molecule has 0 rings (SSSR count). The summed E-state index contributed by atoms with van der Waals surface area (Å²) in [5, 5.41) is 7.57. The number of hydrogen-bond donors (Lipinski definition) is 1. The van der Waals surface area contributed by atoms with Crippen LogP contribution in [-0.4, -0.2) is 11.7 Å². The third kappa shape index (κ3) is 86.4. The number of halogens is 1. The minimum atomic E-state index is 0. The summed E-state index contributed by atoms with van der Waals surface area (Å²) in [6.07, 6.45) is 0. The molecular formula is C2H9ClOS. The summed E-state index contributed by atoms with van der Waals surface area (Å²) in [6.45, 7) is 1.93. The van der Waals surface area contributed by atoms with Crippen molar-refractivity contribution >= 4 is 25.9 Å². The minimum absolute atomic E-state index is 0. The molecule has 0 saturated carbocycles. The zero-order valence-corrected chi connectivity index (χ0v) is 4.88. The number of aliphatic hydroxyl groups is 1. The Morgan fingerprint density at radius 3 is 1.60 bits per heavy atom. The Morgan fingerprint density at radius 2 is 1.60 bits per heavy atom. The topological polar surface area (TPSA) is 20.2 Å². The van der Waals surface area contributed by atoms with E-state index in [0.717, 1.165) is 0 Å². The van der Waals surface area contributed by atoms with Crippen molar-refractivity contribution in [3.8, 4) is 0 Å². The third-order valence-electron chi connectivity index (χ3n) is 0. The van der Waals surface area contributed by atoms with Gasteiger partial charge < -0.3 is 5.11 Å². The largest absolute Gasteiger partial charge is 0.397 e. The zero-order valence-electron chi connectivity index (χ0n) is 3.06. The van der Waals surface area contributed by atoms with Crippen LogP contribution in [0.3, 0.4) is 0 Å². The summed E-state index contributed by atoms with van der Waals surface area (Å²) in [7, 11) is 0.